The van der Waals surface area contributed by atoms with Crippen LogP contribution in [0, 0.1) is 5.82 Å². The van der Waals surface area contributed by atoms with E-state index in [1.54, 1.807) is 18.2 Å². The van der Waals surface area contributed by atoms with Crippen molar-refractivity contribution in [1.29, 1.82) is 0 Å². The van der Waals surface area contributed by atoms with Gasteiger partial charge in [0.2, 0.25) is 0 Å². The second-order valence-corrected chi connectivity index (χ2v) is 6.76. The smallest absolute Gasteiger partial charge is 0.145 e. The van der Waals surface area contributed by atoms with Crippen molar-refractivity contribution in [2.75, 3.05) is 0 Å². The first kappa shape index (κ1) is 16.8. The molecule has 0 aromatic heterocycles. The van der Waals surface area contributed by atoms with Crippen molar-refractivity contribution in [2.45, 2.75) is 18.5 Å². The molecular formula is C22H18ClFN2. The van der Waals surface area contributed by atoms with Crippen LogP contribution in [0.25, 0.3) is 0 Å². The standard InChI is InChI=1S/C22H18ClFN2/c23-18-13-7-12-17(20(18)24)14-19-25-21(15-8-3-1-4-9-15)22(26-19)16-10-5-2-6-11-16/h1-13,21-22H,14H2,(H,25,26)/t21-,22+. The van der Waals surface area contributed by atoms with Gasteiger partial charge in [0.1, 0.15) is 17.7 Å². The van der Waals surface area contributed by atoms with Crippen LogP contribution in [-0.2, 0) is 6.42 Å². The molecule has 2 atom stereocenters. The van der Waals surface area contributed by atoms with Gasteiger partial charge in [-0.3, -0.25) is 4.99 Å². The molecule has 0 saturated carbocycles. The minimum absolute atomic E-state index is 0.0239. The molecule has 130 valence electrons. The zero-order chi connectivity index (χ0) is 17.9. The normalized spacial score (nSPS) is 19.1. The molecule has 0 aliphatic carbocycles. The fourth-order valence-electron chi connectivity index (χ4n) is 3.34. The SMILES string of the molecule is Fc1c(Cl)cccc1CC1=N[C@H](c2ccccc2)[C@H](c2ccccc2)N1. The molecule has 4 rings (SSSR count). The van der Waals surface area contributed by atoms with Gasteiger partial charge >= 0.3 is 0 Å². The third kappa shape index (κ3) is 3.35. The Morgan fingerprint density at radius 1 is 0.846 bits per heavy atom. The Balaban J connectivity index is 1.67. The van der Waals surface area contributed by atoms with Crippen molar-refractivity contribution in [2.24, 2.45) is 4.99 Å². The highest BCUT2D eigenvalue weighted by Gasteiger charge is 2.31. The summed E-state index contributed by atoms with van der Waals surface area (Å²) >= 11 is 5.91. The number of benzene rings is 3. The van der Waals surface area contributed by atoms with Crippen LogP contribution in [0.2, 0.25) is 5.02 Å². The third-order valence-corrected chi connectivity index (χ3v) is 4.91. The van der Waals surface area contributed by atoms with Crippen LogP contribution in [0.3, 0.4) is 0 Å². The van der Waals surface area contributed by atoms with E-state index in [0.717, 1.165) is 17.0 Å². The van der Waals surface area contributed by atoms with Crippen LogP contribution < -0.4 is 5.32 Å². The summed E-state index contributed by atoms with van der Waals surface area (Å²) in [5.74, 6) is 0.395. The Morgan fingerprint density at radius 3 is 2.19 bits per heavy atom. The van der Waals surface area contributed by atoms with Gasteiger partial charge in [-0.1, -0.05) is 84.4 Å². The topological polar surface area (TPSA) is 24.4 Å². The summed E-state index contributed by atoms with van der Waals surface area (Å²) in [6.07, 6.45) is 0.388. The molecule has 3 aromatic carbocycles. The quantitative estimate of drug-likeness (QED) is 0.649. The maximum Gasteiger partial charge on any atom is 0.145 e. The van der Waals surface area contributed by atoms with Crippen molar-refractivity contribution < 1.29 is 4.39 Å². The van der Waals surface area contributed by atoms with E-state index in [2.05, 4.69) is 29.6 Å². The summed E-state index contributed by atoms with van der Waals surface area (Å²) in [6, 6.07) is 25.5. The minimum Gasteiger partial charge on any atom is -0.364 e. The first-order valence-corrected chi connectivity index (χ1v) is 8.96. The number of halogens is 2. The zero-order valence-electron chi connectivity index (χ0n) is 14.1. The van der Waals surface area contributed by atoms with E-state index < -0.39 is 0 Å². The zero-order valence-corrected chi connectivity index (χ0v) is 14.8. The average molecular weight is 365 g/mol. The molecule has 1 aliphatic heterocycles. The van der Waals surface area contributed by atoms with Gasteiger partial charge in [-0.05, 0) is 22.8 Å². The third-order valence-electron chi connectivity index (χ3n) is 4.62. The summed E-state index contributed by atoms with van der Waals surface area (Å²) < 4.78 is 14.3. The van der Waals surface area contributed by atoms with Crippen molar-refractivity contribution >= 4 is 17.4 Å². The number of amidine groups is 1. The molecule has 0 amide bonds. The molecule has 1 N–H and O–H groups in total. The molecule has 0 spiro atoms. The molecule has 3 aromatic rings. The van der Waals surface area contributed by atoms with Crippen LogP contribution in [0.15, 0.2) is 83.9 Å². The van der Waals surface area contributed by atoms with E-state index in [9.17, 15) is 4.39 Å². The Hall–Kier alpha value is -2.65. The van der Waals surface area contributed by atoms with E-state index in [0.29, 0.717) is 12.0 Å². The summed E-state index contributed by atoms with van der Waals surface area (Å²) in [4.78, 5) is 4.88. The van der Waals surface area contributed by atoms with Gasteiger partial charge in [0, 0.05) is 6.42 Å². The fraction of sp³-hybridized carbons (Fsp3) is 0.136. The molecule has 2 nitrogen and oxygen atoms in total. The van der Waals surface area contributed by atoms with Gasteiger partial charge in [0.15, 0.2) is 0 Å². The largest absolute Gasteiger partial charge is 0.364 e. The lowest BCUT2D eigenvalue weighted by atomic mass is 9.95. The van der Waals surface area contributed by atoms with E-state index >= 15 is 0 Å². The lowest BCUT2D eigenvalue weighted by molar-refractivity contribution is 0.571. The van der Waals surface area contributed by atoms with Gasteiger partial charge in [-0.15, -0.1) is 0 Å². The summed E-state index contributed by atoms with van der Waals surface area (Å²) in [7, 11) is 0. The number of hydrogen-bond donors (Lipinski definition) is 1. The van der Waals surface area contributed by atoms with E-state index in [4.69, 9.17) is 16.6 Å². The van der Waals surface area contributed by atoms with Gasteiger partial charge in [0.05, 0.1) is 11.1 Å². The van der Waals surface area contributed by atoms with Crippen molar-refractivity contribution in [1.82, 2.24) is 5.32 Å². The van der Waals surface area contributed by atoms with E-state index in [1.807, 2.05) is 36.4 Å². The van der Waals surface area contributed by atoms with Crippen LogP contribution in [0.4, 0.5) is 4.39 Å². The molecule has 1 heterocycles. The number of aliphatic imine (C=N–C) groups is 1. The first-order chi connectivity index (χ1) is 12.7. The van der Waals surface area contributed by atoms with Crippen LogP contribution in [0.5, 0.6) is 0 Å². The molecule has 0 radical (unpaired) electrons. The monoisotopic (exact) mass is 364 g/mol. The molecular weight excluding hydrogens is 347 g/mol. The summed E-state index contributed by atoms with van der Waals surface area (Å²) in [6.45, 7) is 0. The number of nitrogens with one attached hydrogen (secondary N) is 1. The Morgan fingerprint density at radius 2 is 1.50 bits per heavy atom. The number of nitrogens with zero attached hydrogens (tertiary/aromatic N) is 1. The van der Waals surface area contributed by atoms with E-state index in [1.165, 1.54) is 0 Å². The Bertz CT molecular complexity index is 925. The van der Waals surface area contributed by atoms with Crippen LogP contribution >= 0.6 is 11.6 Å². The van der Waals surface area contributed by atoms with Gasteiger partial charge in [0.25, 0.3) is 0 Å². The predicted octanol–water partition coefficient (Wildman–Crippen LogP) is 5.51. The van der Waals surface area contributed by atoms with E-state index in [-0.39, 0.29) is 22.9 Å². The molecule has 0 fully saturated rings. The molecule has 0 saturated heterocycles. The highest BCUT2D eigenvalue weighted by atomic mass is 35.5. The highest BCUT2D eigenvalue weighted by Crippen LogP contribution is 2.36. The lowest BCUT2D eigenvalue weighted by Crippen LogP contribution is -2.26. The van der Waals surface area contributed by atoms with Gasteiger partial charge in [-0.25, -0.2) is 4.39 Å². The molecule has 0 bridgehead atoms. The maximum absolute atomic E-state index is 14.3. The Kier molecular flexibility index (Phi) is 4.72. The van der Waals surface area contributed by atoms with Crippen LogP contribution in [-0.4, -0.2) is 5.84 Å². The summed E-state index contributed by atoms with van der Waals surface area (Å²) in [5.41, 5.74) is 2.84. The van der Waals surface area contributed by atoms with Crippen molar-refractivity contribution in [3.63, 3.8) is 0 Å². The molecule has 1 aliphatic rings. The lowest BCUT2D eigenvalue weighted by Gasteiger charge is -2.19. The minimum atomic E-state index is -0.377. The number of hydrogen-bond acceptors (Lipinski definition) is 2. The van der Waals surface area contributed by atoms with Crippen LogP contribution in [0.1, 0.15) is 28.8 Å². The predicted molar refractivity (Wildman–Crippen MR) is 104 cm³/mol. The van der Waals surface area contributed by atoms with Gasteiger partial charge < -0.3 is 5.32 Å². The molecule has 26 heavy (non-hydrogen) atoms. The second kappa shape index (κ2) is 7.30. The average Bonchev–Trinajstić information content (AvgIpc) is 3.11. The van der Waals surface area contributed by atoms with Crippen molar-refractivity contribution in [3.8, 4) is 0 Å². The molecule has 4 heteroatoms. The number of rotatable bonds is 4. The highest BCUT2D eigenvalue weighted by molar-refractivity contribution is 6.30. The summed E-state index contributed by atoms with van der Waals surface area (Å²) in [5, 5.41) is 3.63. The Labute approximate surface area is 157 Å². The first-order valence-electron chi connectivity index (χ1n) is 8.58. The molecule has 0 unspecified atom stereocenters. The fourth-order valence-corrected chi connectivity index (χ4v) is 3.54. The second-order valence-electron chi connectivity index (χ2n) is 6.35. The van der Waals surface area contributed by atoms with Gasteiger partial charge in [-0.2, -0.15) is 0 Å². The van der Waals surface area contributed by atoms with Crippen molar-refractivity contribution in [3.05, 3.63) is 106 Å². The maximum atomic E-state index is 14.3.